The summed E-state index contributed by atoms with van der Waals surface area (Å²) < 4.78 is 28.2. The van der Waals surface area contributed by atoms with Crippen LogP contribution in [0.1, 0.15) is 40.0 Å². The van der Waals surface area contributed by atoms with Gasteiger partial charge in [-0.2, -0.15) is 4.98 Å². The molecule has 3 heterocycles. The quantitative estimate of drug-likeness (QED) is 0.240. The van der Waals surface area contributed by atoms with Crippen molar-refractivity contribution in [3.63, 3.8) is 0 Å². The summed E-state index contributed by atoms with van der Waals surface area (Å²) in [7, 11) is -0.0207. The second kappa shape index (κ2) is 8.00. The lowest BCUT2D eigenvalue weighted by Crippen LogP contribution is -2.58. The molecule has 1 aliphatic carbocycles. The molecular weight excluding hydrogens is 455 g/mol. The van der Waals surface area contributed by atoms with Crippen LogP contribution in [0.3, 0.4) is 0 Å². The van der Waals surface area contributed by atoms with Gasteiger partial charge < -0.3 is 14.1 Å². The van der Waals surface area contributed by atoms with Crippen molar-refractivity contribution in [2.75, 3.05) is 18.2 Å². The van der Waals surface area contributed by atoms with E-state index in [1.165, 1.54) is 11.8 Å². The number of fused-ring (bicyclic) bond motifs is 1. The standard InChI is InChI=1S/C21H30ClFN4O2SSi/c1-21(2,3)31(6,7)29-12-10-8-9-11-16(12)27(4)18-13-15(24-20(26-18)30-5)14(23)17(22)25-19(13)28-11/h11-12,16H,8-10H2,1-7H3. The Balaban J connectivity index is 1.85. The largest absolute Gasteiger partial charge is 0.471 e. The van der Waals surface area contributed by atoms with Gasteiger partial charge >= 0.3 is 0 Å². The highest BCUT2D eigenvalue weighted by Gasteiger charge is 2.47. The maximum absolute atomic E-state index is 14.9. The monoisotopic (exact) mass is 484 g/mol. The van der Waals surface area contributed by atoms with Crippen molar-refractivity contribution in [1.29, 1.82) is 0 Å². The number of nitrogens with zero attached hydrogens (tertiary/aromatic N) is 4. The van der Waals surface area contributed by atoms with Gasteiger partial charge in [-0.25, -0.2) is 14.4 Å². The summed E-state index contributed by atoms with van der Waals surface area (Å²) in [4.78, 5) is 15.4. The van der Waals surface area contributed by atoms with Crippen LogP contribution in [0, 0.1) is 5.82 Å². The lowest BCUT2D eigenvalue weighted by atomic mass is 9.89. The molecule has 0 N–H and O–H groups in total. The topological polar surface area (TPSA) is 60.4 Å². The molecule has 4 rings (SSSR count). The van der Waals surface area contributed by atoms with Crippen LogP contribution in [0.5, 0.6) is 5.88 Å². The number of anilines is 1. The van der Waals surface area contributed by atoms with E-state index in [1.807, 2.05) is 13.3 Å². The number of thioether (sulfide) groups is 1. The predicted molar refractivity (Wildman–Crippen MR) is 127 cm³/mol. The van der Waals surface area contributed by atoms with E-state index >= 15 is 0 Å². The molecule has 0 radical (unpaired) electrons. The normalized spacial score (nSPS) is 24.0. The Morgan fingerprint density at radius 3 is 2.58 bits per heavy atom. The van der Waals surface area contributed by atoms with E-state index < -0.39 is 14.1 Å². The van der Waals surface area contributed by atoms with Gasteiger partial charge in [0.25, 0.3) is 0 Å². The van der Waals surface area contributed by atoms with Crippen molar-refractivity contribution in [1.82, 2.24) is 15.0 Å². The molecule has 0 amide bonds. The molecule has 170 valence electrons. The second-order valence-electron chi connectivity index (χ2n) is 9.88. The van der Waals surface area contributed by atoms with Gasteiger partial charge in [0, 0.05) is 7.05 Å². The van der Waals surface area contributed by atoms with E-state index in [9.17, 15) is 4.39 Å². The first-order valence-electron chi connectivity index (χ1n) is 10.6. The highest BCUT2D eigenvalue weighted by Crippen LogP contribution is 2.45. The van der Waals surface area contributed by atoms with E-state index in [0.717, 1.165) is 19.3 Å². The minimum absolute atomic E-state index is 0.0120. The van der Waals surface area contributed by atoms with Gasteiger partial charge in [-0.1, -0.05) is 44.1 Å². The van der Waals surface area contributed by atoms with Gasteiger partial charge in [-0.05, 0) is 43.7 Å². The number of halogens is 2. The number of hydrogen-bond acceptors (Lipinski definition) is 7. The minimum Gasteiger partial charge on any atom is -0.471 e. The molecule has 6 nitrogen and oxygen atoms in total. The molecule has 0 saturated heterocycles. The number of aromatic nitrogens is 3. The third-order valence-corrected chi connectivity index (χ3v) is 12.2. The smallest absolute Gasteiger partial charge is 0.228 e. The predicted octanol–water partition coefficient (Wildman–Crippen LogP) is 5.68. The SMILES string of the molecule is CSc1nc2c3c(nc(Cl)c(F)c3n1)OC1CCCC(O[Si](C)(C)C(C)(C)C)C1N2C. The zero-order valence-corrected chi connectivity index (χ0v) is 21.7. The Morgan fingerprint density at radius 2 is 1.94 bits per heavy atom. The molecule has 0 aromatic carbocycles. The number of hydrogen-bond donors (Lipinski definition) is 0. The first-order valence-corrected chi connectivity index (χ1v) is 15.1. The summed E-state index contributed by atoms with van der Waals surface area (Å²) in [6, 6.07) is -0.0632. The van der Waals surface area contributed by atoms with Crippen LogP contribution in [-0.4, -0.2) is 54.8 Å². The van der Waals surface area contributed by atoms with Crippen LogP contribution in [0.15, 0.2) is 5.16 Å². The van der Waals surface area contributed by atoms with Gasteiger partial charge in [0.05, 0.1) is 12.1 Å². The number of likely N-dealkylation sites (N-methyl/N-ethyl adjacent to an activating group) is 1. The fraction of sp³-hybridized carbons (Fsp3) is 0.667. The van der Waals surface area contributed by atoms with E-state index in [2.05, 4.69) is 48.7 Å². The Labute approximate surface area is 193 Å². The number of pyridine rings is 1. The van der Waals surface area contributed by atoms with E-state index in [4.69, 9.17) is 25.7 Å². The third-order valence-electron chi connectivity index (χ3n) is 6.89. The zero-order valence-electron chi connectivity index (χ0n) is 19.1. The average Bonchev–Trinajstić information content (AvgIpc) is 2.80. The van der Waals surface area contributed by atoms with Crippen molar-refractivity contribution >= 4 is 48.4 Å². The molecule has 0 bridgehead atoms. The van der Waals surface area contributed by atoms with Crippen molar-refractivity contribution < 1.29 is 13.6 Å². The molecular formula is C21H30ClFN4O2SSi. The van der Waals surface area contributed by atoms with Crippen molar-refractivity contribution in [2.24, 2.45) is 0 Å². The van der Waals surface area contributed by atoms with Gasteiger partial charge in [0.2, 0.25) is 5.88 Å². The van der Waals surface area contributed by atoms with E-state index in [0.29, 0.717) is 22.2 Å². The molecule has 3 atom stereocenters. The third kappa shape index (κ3) is 3.91. The fourth-order valence-electron chi connectivity index (χ4n) is 4.21. The van der Waals surface area contributed by atoms with Crippen LogP contribution >= 0.6 is 23.4 Å². The highest BCUT2D eigenvalue weighted by molar-refractivity contribution is 7.98. The van der Waals surface area contributed by atoms with Crippen molar-refractivity contribution in [3.05, 3.63) is 11.0 Å². The van der Waals surface area contributed by atoms with Crippen LogP contribution in [0.4, 0.5) is 10.2 Å². The lowest BCUT2D eigenvalue weighted by Gasteiger charge is -2.47. The summed E-state index contributed by atoms with van der Waals surface area (Å²) in [5, 5.41) is 0.824. The van der Waals surface area contributed by atoms with Crippen LogP contribution in [0.2, 0.25) is 23.3 Å². The molecule has 0 spiro atoms. The Bertz CT molecular complexity index is 1020. The molecule has 1 saturated carbocycles. The minimum atomic E-state index is -2.01. The maximum Gasteiger partial charge on any atom is 0.228 e. The molecule has 10 heteroatoms. The lowest BCUT2D eigenvalue weighted by molar-refractivity contribution is 0.0353. The molecule has 2 aromatic rings. The molecule has 1 aliphatic heterocycles. The van der Waals surface area contributed by atoms with Gasteiger partial charge in [0.1, 0.15) is 22.8 Å². The summed E-state index contributed by atoms with van der Waals surface area (Å²) in [6.45, 7) is 11.3. The van der Waals surface area contributed by atoms with Crippen LogP contribution in [-0.2, 0) is 4.43 Å². The molecule has 2 aromatic heterocycles. The summed E-state index contributed by atoms with van der Waals surface area (Å²) in [6.07, 6.45) is 4.50. The fourth-order valence-corrected chi connectivity index (χ4v) is 6.10. The van der Waals surface area contributed by atoms with Crippen molar-refractivity contribution in [2.45, 2.75) is 81.6 Å². The zero-order chi connectivity index (χ0) is 22.7. The Kier molecular flexibility index (Phi) is 5.94. The molecule has 31 heavy (non-hydrogen) atoms. The van der Waals surface area contributed by atoms with Gasteiger partial charge in [-0.3, -0.25) is 0 Å². The Morgan fingerprint density at radius 1 is 1.23 bits per heavy atom. The van der Waals surface area contributed by atoms with Crippen LogP contribution < -0.4 is 9.64 Å². The van der Waals surface area contributed by atoms with E-state index in [1.54, 1.807) is 0 Å². The first-order chi connectivity index (χ1) is 14.4. The second-order valence-corrected chi connectivity index (χ2v) is 15.8. The summed E-state index contributed by atoms with van der Waals surface area (Å²) in [5.74, 6) is 0.275. The van der Waals surface area contributed by atoms with Crippen molar-refractivity contribution in [3.8, 4) is 5.88 Å². The average molecular weight is 485 g/mol. The van der Waals surface area contributed by atoms with Gasteiger partial charge in [0.15, 0.2) is 24.4 Å². The first kappa shape index (κ1) is 23.0. The molecule has 3 unspecified atom stereocenters. The summed E-state index contributed by atoms with van der Waals surface area (Å²) >= 11 is 7.47. The number of ether oxygens (including phenoxy) is 1. The Hall–Kier alpha value is -1.16. The summed E-state index contributed by atoms with van der Waals surface area (Å²) in [5.41, 5.74) is 0.150. The van der Waals surface area contributed by atoms with Gasteiger partial charge in [-0.15, -0.1) is 0 Å². The maximum atomic E-state index is 14.9. The highest BCUT2D eigenvalue weighted by atomic mass is 35.5. The van der Waals surface area contributed by atoms with E-state index in [-0.39, 0.29) is 34.0 Å². The number of rotatable bonds is 3. The van der Waals surface area contributed by atoms with Crippen LogP contribution in [0.25, 0.3) is 10.9 Å². The molecule has 2 aliphatic rings. The molecule has 1 fully saturated rings.